The Hall–Kier alpha value is -1.97. The molecule has 0 aliphatic rings. The van der Waals surface area contributed by atoms with Crippen molar-refractivity contribution in [2.24, 2.45) is 0 Å². The van der Waals surface area contributed by atoms with Crippen molar-refractivity contribution in [2.75, 3.05) is 13.2 Å². The second-order valence-corrected chi connectivity index (χ2v) is 7.78. The van der Waals surface area contributed by atoms with E-state index in [1.807, 2.05) is 13.8 Å². The molecular formula is C10H10CoN6OZn. The molecule has 0 rings (SSSR count). The van der Waals surface area contributed by atoms with Crippen molar-refractivity contribution in [3.05, 3.63) is 0 Å². The molecule has 7 nitrogen and oxygen atoms in total. The Labute approximate surface area is 123 Å². The number of rotatable bonds is 2. The van der Waals surface area contributed by atoms with E-state index in [0.29, 0.717) is 0 Å². The van der Waals surface area contributed by atoms with Gasteiger partial charge in [-0.3, -0.25) is 0 Å². The maximum absolute atomic E-state index is 8.58. The minimum absolute atomic E-state index is 0. The van der Waals surface area contributed by atoms with Crippen molar-refractivity contribution in [1.29, 1.82) is 31.6 Å². The molecule has 0 fully saturated rings. The minimum atomic E-state index is -6.03. The standard InChI is InChI=1S/C4H10O.6CN.Co.Zn/c1-3-5-4-2;6*1-2;;/h3-4H2,1-2H3;;;;;;;;. The molecule has 0 heterocycles. The van der Waals surface area contributed by atoms with Crippen LogP contribution in [0.25, 0.3) is 0 Å². The van der Waals surface area contributed by atoms with Crippen LogP contribution in [0.4, 0.5) is 0 Å². The van der Waals surface area contributed by atoms with Crippen molar-refractivity contribution in [2.45, 2.75) is 13.8 Å². The van der Waals surface area contributed by atoms with E-state index in [4.69, 9.17) is 36.3 Å². The summed E-state index contributed by atoms with van der Waals surface area (Å²) in [7, 11) is -6.03. The van der Waals surface area contributed by atoms with Gasteiger partial charge in [-0.15, -0.1) is 0 Å². The third-order valence-electron chi connectivity index (χ3n) is 1.53. The van der Waals surface area contributed by atoms with Crippen LogP contribution in [0.1, 0.15) is 13.8 Å². The molecule has 97 valence electrons. The first-order chi connectivity index (χ1) is 8.39. The summed E-state index contributed by atoms with van der Waals surface area (Å²) in [6.07, 6.45) is 0. The van der Waals surface area contributed by atoms with Gasteiger partial charge in [0.1, 0.15) is 0 Å². The quantitative estimate of drug-likeness (QED) is 0.674. The van der Waals surface area contributed by atoms with Crippen molar-refractivity contribution < 1.29 is 34.7 Å². The van der Waals surface area contributed by atoms with Crippen molar-refractivity contribution in [3.8, 4) is 30.0 Å². The molecule has 0 spiro atoms. The molecule has 0 saturated heterocycles. The minimum Gasteiger partial charge on any atom is 0 e. The van der Waals surface area contributed by atoms with Crippen LogP contribution >= 0.6 is 0 Å². The molecule has 0 aromatic heterocycles. The van der Waals surface area contributed by atoms with Gasteiger partial charge in [0.25, 0.3) is 0 Å². The van der Waals surface area contributed by atoms with Crippen LogP contribution in [0, 0.1) is 61.6 Å². The predicted octanol–water partition coefficient (Wildman–Crippen LogP) is 1.14. The van der Waals surface area contributed by atoms with E-state index >= 15 is 0 Å². The molecule has 0 unspecified atom stereocenters. The van der Waals surface area contributed by atoms with E-state index in [2.05, 4.69) is 0 Å². The molecule has 19 heavy (non-hydrogen) atoms. The average molecular weight is 355 g/mol. The Kier molecular flexibility index (Phi) is 8.73. The second kappa shape index (κ2) is 7.46. The molecule has 0 radical (unpaired) electrons. The molecule has 0 saturated carbocycles. The zero-order valence-electron chi connectivity index (χ0n) is 10.5. The molecule has 0 aromatic rings. The van der Waals surface area contributed by atoms with Crippen molar-refractivity contribution >= 4 is 0 Å². The zero-order chi connectivity index (χ0) is 14.8. The van der Waals surface area contributed by atoms with Crippen LogP contribution in [0.5, 0.6) is 0 Å². The van der Waals surface area contributed by atoms with Gasteiger partial charge in [-0.1, -0.05) is 0 Å². The van der Waals surface area contributed by atoms with Gasteiger partial charge in [-0.2, -0.15) is 0 Å². The predicted molar refractivity (Wildman–Crippen MR) is 55.8 cm³/mol. The summed E-state index contributed by atoms with van der Waals surface area (Å²) < 4.78 is 4.83. The van der Waals surface area contributed by atoms with E-state index in [1.165, 1.54) is 0 Å². The Bertz CT molecular complexity index is 443. The Morgan fingerprint density at radius 1 is 0.684 bits per heavy atom. The van der Waals surface area contributed by atoms with E-state index in [0.717, 1.165) is 43.2 Å². The van der Waals surface area contributed by atoms with E-state index in [9.17, 15) is 0 Å². The molecule has 0 amide bonds. The Balaban J connectivity index is -0.000000366. The van der Waals surface area contributed by atoms with Crippen molar-refractivity contribution in [3.63, 3.8) is 0 Å². The van der Waals surface area contributed by atoms with Gasteiger partial charge in [0, 0.05) is 32.7 Å². The van der Waals surface area contributed by atoms with Crippen LogP contribution in [-0.2, 0) is 34.7 Å². The van der Waals surface area contributed by atoms with Crippen LogP contribution in [-0.4, -0.2) is 13.2 Å². The molecule has 0 atom stereocenters. The molecule has 0 aromatic carbocycles. The number of nitrogens with zero attached hydrogens (tertiary/aromatic N) is 6. The fourth-order valence-corrected chi connectivity index (χ4v) is 1.23. The number of hydrogen-bond donors (Lipinski definition) is 0. The summed E-state index contributed by atoms with van der Waals surface area (Å²) in [6.45, 7) is 5.67. The topological polar surface area (TPSA) is 152 Å². The largest absolute Gasteiger partial charge is 0 e. The molecule has 9 heteroatoms. The maximum Gasteiger partial charge on any atom is 0 e. The van der Waals surface area contributed by atoms with Gasteiger partial charge < -0.3 is 4.74 Å². The van der Waals surface area contributed by atoms with Crippen LogP contribution in [0.15, 0.2) is 0 Å². The zero-order valence-corrected chi connectivity index (χ0v) is 14.6. The van der Waals surface area contributed by atoms with Crippen LogP contribution in [0.3, 0.4) is 0 Å². The first-order valence-corrected chi connectivity index (χ1v) is 7.46. The van der Waals surface area contributed by atoms with Gasteiger partial charge in [0.15, 0.2) is 0 Å². The van der Waals surface area contributed by atoms with Gasteiger partial charge in [0.2, 0.25) is 0 Å². The molecular weight excluding hydrogens is 344 g/mol. The van der Waals surface area contributed by atoms with Crippen LogP contribution < -0.4 is 0 Å². The Morgan fingerprint density at radius 3 is 0.895 bits per heavy atom. The Morgan fingerprint density at radius 2 is 0.895 bits per heavy atom. The third-order valence-corrected chi connectivity index (χ3v) is 5.02. The van der Waals surface area contributed by atoms with E-state index in [-0.39, 0.29) is 19.5 Å². The number of nitriles is 6. The van der Waals surface area contributed by atoms with Gasteiger partial charge in [-0.25, -0.2) is 0 Å². The summed E-state index contributed by atoms with van der Waals surface area (Å²) in [5, 5.41) is 57.6. The molecule has 0 N–H and O–H groups in total. The first kappa shape index (κ1) is 22.2. The van der Waals surface area contributed by atoms with Gasteiger partial charge in [0.05, 0.1) is 0 Å². The third kappa shape index (κ3) is 3.50. The molecule has 0 aliphatic heterocycles. The summed E-state index contributed by atoms with van der Waals surface area (Å²) in [6, 6.07) is 0. The van der Waals surface area contributed by atoms with Crippen molar-refractivity contribution in [1.82, 2.24) is 0 Å². The summed E-state index contributed by atoms with van der Waals surface area (Å²) in [4.78, 5) is 0. The number of hydrogen-bond acceptors (Lipinski definition) is 7. The van der Waals surface area contributed by atoms with Gasteiger partial charge >= 0.3 is 72.1 Å². The number of ether oxygens (including phenoxy) is 1. The second-order valence-electron chi connectivity index (χ2n) is 2.48. The summed E-state index contributed by atoms with van der Waals surface area (Å²) in [5.41, 5.74) is 0. The monoisotopic (exact) mass is 353 g/mol. The van der Waals surface area contributed by atoms with E-state index in [1.54, 1.807) is 0 Å². The maximum atomic E-state index is 8.58. The van der Waals surface area contributed by atoms with Gasteiger partial charge in [-0.05, 0) is 13.8 Å². The summed E-state index contributed by atoms with van der Waals surface area (Å²) >= 11 is 0. The van der Waals surface area contributed by atoms with E-state index < -0.39 is 10.5 Å². The fourth-order valence-electron chi connectivity index (χ4n) is 0.454. The fraction of sp³-hybridized carbons (Fsp3) is 0.400. The average Bonchev–Trinajstić information content (AvgIpc) is 2.47. The SMILES string of the molecule is CCOCC.N#[C][Co]([C]#N)([C]#N)([C]#N)([C]#N)[C]#N.[Zn]. The normalized spacial score (nSPS) is 11.4. The summed E-state index contributed by atoms with van der Waals surface area (Å²) in [5.74, 6) is 0. The smallest absolute Gasteiger partial charge is 0 e. The molecule has 0 aliphatic carbocycles. The molecule has 0 bridgehead atoms. The first-order valence-electron chi connectivity index (χ1n) is 4.33. The van der Waals surface area contributed by atoms with Crippen LogP contribution in [0.2, 0.25) is 0 Å².